The van der Waals surface area contributed by atoms with E-state index < -0.39 is 9.84 Å². The first-order chi connectivity index (χ1) is 16.4. The van der Waals surface area contributed by atoms with Crippen LogP contribution < -0.4 is 0 Å². The van der Waals surface area contributed by atoms with E-state index in [1.807, 2.05) is 56.3 Å². The van der Waals surface area contributed by atoms with Crippen molar-refractivity contribution in [2.45, 2.75) is 56.8 Å². The minimum absolute atomic E-state index is 0.0289. The number of amides is 1. The predicted octanol–water partition coefficient (Wildman–Crippen LogP) is 4.01. The first kappa shape index (κ1) is 24.2. The lowest BCUT2D eigenvalue weighted by Crippen LogP contribution is -2.32. The van der Waals surface area contributed by atoms with Crippen molar-refractivity contribution < 1.29 is 17.9 Å². The second-order valence-corrected chi connectivity index (χ2v) is 10.5. The van der Waals surface area contributed by atoms with Crippen LogP contribution in [0.15, 0.2) is 66.0 Å². The molecular formula is C26H31N3O4S. The minimum Gasteiger partial charge on any atom is -0.376 e. The average molecular weight is 482 g/mol. The molecule has 1 saturated heterocycles. The molecule has 3 aromatic rings. The molecule has 1 amide bonds. The fourth-order valence-electron chi connectivity index (χ4n) is 4.32. The molecule has 1 aliphatic rings. The third-order valence-electron chi connectivity index (χ3n) is 6.19. The molecule has 0 radical (unpaired) electrons. The number of carbonyl (C=O) groups is 1. The van der Waals surface area contributed by atoms with Crippen LogP contribution in [0.2, 0.25) is 0 Å². The van der Waals surface area contributed by atoms with E-state index >= 15 is 0 Å². The molecule has 2 heterocycles. The first-order valence-corrected chi connectivity index (χ1v) is 13.3. The number of aryl methyl sites for hydroxylation is 1. The van der Waals surface area contributed by atoms with Crippen molar-refractivity contribution in [1.82, 2.24) is 14.5 Å². The molecule has 0 saturated carbocycles. The number of hydrogen-bond acceptors (Lipinski definition) is 5. The summed E-state index contributed by atoms with van der Waals surface area (Å²) in [6, 6.07) is 16.6. The molecule has 7 nitrogen and oxygen atoms in total. The Morgan fingerprint density at radius 3 is 2.56 bits per heavy atom. The maximum Gasteiger partial charge on any atom is 0.254 e. The highest BCUT2D eigenvalue weighted by Gasteiger charge is 2.28. The molecule has 34 heavy (non-hydrogen) atoms. The van der Waals surface area contributed by atoms with Gasteiger partial charge in [-0.05, 0) is 43.9 Å². The Morgan fingerprint density at radius 2 is 1.88 bits per heavy atom. The summed E-state index contributed by atoms with van der Waals surface area (Å²) >= 11 is 0. The van der Waals surface area contributed by atoms with Crippen molar-refractivity contribution >= 4 is 15.7 Å². The number of benzene rings is 2. The fraction of sp³-hybridized carbons (Fsp3) is 0.385. The van der Waals surface area contributed by atoms with Crippen molar-refractivity contribution in [2.24, 2.45) is 0 Å². The van der Waals surface area contributed by atoms with E-state index in [0.717, 1.165) is 18.4 Å². The van der Waals surface area contributed by atoms with Crippen LogP contribution in [0, 0.1) is 6.92 Å². The van der Waals surface area contributed by atoms with E-state index in [4.69, 9.17) is 4.74 Å². The summed E-state index contributed by atoms with van der Waals surface area (Å²) in [5.41, 5.74) is 2.95. The molecule has 1 aromatic heterocycles. The summed E-state index contributed by atoms with van der Waals surface area (Å²) in [6.45, 7) is 5.66. The Hall–Kier alpha value is -2.97. The number of aromatic nitrogens is 2. The van der Waals surface area contributed by atoms with Crippen LogP contribution in [0.4, 0.5) is 0 Å². The number of imidazole rings is 1. The molecule has 2 aromatic carbocycles. The minimum atomic E-state index is -3.69. The lowest BCUT2D eigenvalue weighted by atomic mass is 10.1. The van der Waals surface area contributed by atoms with Crippen LogP contribution in [-0.2, 0) is 33.4 Å². The molecular weight excluding hydrogens is 450 g/mol. The van der Waals surface area contributed by atoms with E-state index in [1.165, 1.54) is 0 Å². The Labute approximate surface area is 201 Å². The molecule has 180 valence electrons. The summed E-state index contributed by atoms with van der Waals surface area (Å²) in [7, 11) is -3.69. The molecule has 8 heteroatoms. The SMILES string of the molecule is CCN(Cc1cnc(S(=O)(=O)Cc2ccccc2)n1C[C@@H]1CCCO1)C(=O)c1ccccc1C. The summed E-state index contributed by atoms with van der Waals surface area (Å²) in [6.07, 6.45) is 3.34. The molecule has 0 aliphatic carbocycles. The highest BCUT2D eigenvalue weighted by molar-refractivity contribution is 7.90. The summed E-state index contributed by atoms with van der Waals surface area (Å²) in [5, 5.41) is 0.0289. The third-order valence-corrected chi connectivity index (χ3v) is 7.78. The zero-order valence-electron chi connectivity index (χ0n) is 19.7. The zero-order chi connectivity index (χ0) is 24.1. The Kier molecular flexibility index (Phi) is 7.48. The van der Waals surface area contributed by atoms with E-state index in [0.29, 0.717) is 36.5 Å². The van der Waals surface area contributed by atoms with E-state index in [2.05, 4.69) is 4.98 Å². The van der Waals surface area contributed by atoms with Crippen molar-refractivity contribution in [3.8, 4) is 0 Å². The van der Waals surface area contributed by atoms with Gasteiger partial charge in [0, 0.05) is 18.7 Å². The van der Waals surface area contributed by atoms with Gasteiger partial charge < -0.3 is 14.2 Å². The smallest absolute Gasteiger partial charge is 0.254 e. The van der Waals surface area contributed by atoms with Crippen molar-refractivity contribution in [3.05, 3.63) is 83.2 Å². The molecule has 1 fully saturated rings. The maximum absolute atomic E-state index is 13.4. The van der Waals surface area contributed by atoms with Gasteiger partial charge in [-0.2, -0.15) is 0 Å². The number of sulfone groups is 1. The number of ether oxygens (including phenoxy) is 1. The Bertz CT molecular complexity index is 1230. The van der Waals surface area contributed by atoms with Gasteiger partial charge in [0.1, 0.15) is 0 Å². The fourth-order valence-corrected chi connectivity index (χ4v) is 5.82. The largest absolute Gasteiger partial charge is 0.376 e. The third kappa shape index (κ3) is 5.39. The van der Waals surface area contributed by atoms with E-state index in [9.17, 15) is 13.2 Å². The first-order valence-electron chi connectivity index (χ1n) is 11.7. The van der Waals surface area contributed by atoms with Gasteiger partial charge in [-0.1, -0.05) is 48.5 Å². The van der Waals surface area contributed by atoms with Gasteiger partial charge in [-0.15, -0.1) is 0 Å². The van der Waals surface area contributed by atoms with Crippen LogP contribution in [0.25, 0.3) is 0 Å². The number of rotatable bonds is 9. The van der Waals surface area contributed by atoms with Crippen LogP contribution >= 0.6 is 0 Å². The zero-order valence-corrected chi connectivity index (χ0v) is 20.5. The summed E-state index contributed by atoms with van der Waals surface area (Å²) in [5.74, 6) is -0.214. The van der Waals surface area contributed by atoms with Gasteiger partial charge in [0.05, 0.1) is 36.8 Å². The average Bonchev–Trinajstić information content (AvgIpc) is 3.48. The van der Waals surface area contributed by atoms with Gasteiger partial charge in [-0.25, -0.2) is 13.4 Å². The summed E-state index contributed by atoms with van der Waals surface area (Å²) in [4.78, 5) is 19.3. The molecule has 0 N–H and O–H groups in total. The quantitative estimate of drug-likeness (QED) is 0.461. The lowest BCUT2D eigenvalue weighted by molar-refractivity contribution is 0.0740. The topological polar surface area (TPSA) is 81.5 Å². The van der Waals surface area contributed by atoms with Crippen molar-refractivity contribution in [1.29, 1.82) is 0 Å². The molecule has 1 aliphatic heterocycles. The van der Waals surface area contributed by atoms with Crippen LogP contribution in [0.1, 0.15) is 46.9 Å². The van der Waals surface area contributed by atoms with Gasteiger partial charge in [-0.3, -0.25) is 4.79 Å². The van der Waals surface area contributed by atoms with E-state index in [-0.39, 0.29) is 29.5 Å². The monoisotopic (exact) mass is 481 g/mol. The van der Waals surface area contributed by atoms with E-state index in [1.54, 1.807) is 27.8 Å². The molecule has 0 bridgehead atoms. The number of hydrogen-bond donors (Lipinski definition) is 0. The maximum atomic E-state index is 13.4. The van der Waals surface area contributed by atoms with Gasteiger partial charge in [0.25, 0.3) is 5.91 Å². The Balaban J connectivity index is 1.65. The van der Waals surface area contributed by atoms with Crippen LogP contribution in [-0.4, -0.2) is 48.0 Å². The predicted molar refractivity (Wildman–Crippen MR) is 130 cm³/mol. The molecule has 0 spiro atoms. The van der Waals surface area contributed by atoms with Crippen molar-refractivity contribution in [2.75, 3.05) is 13.2 Å². The molecule has 1 atom stereocenters. The molecule has 4 rings (SSSR count). The second kappa shape index (κ2) is 10.5. The van der Waals surface area contributed by atoms with Gasteiger partial charge in [0.2, 0.25) is 15.0 Å². The normalized spacial score (nSPS) is 16.0. The highest BCUT2D eigenvalue weighted by Crippen LogP contribution is 2.23. The standard InChI is InChI=1S/C26H31N3O4S/c1-3-28(25(30)24-14-8-7-10-20(24)2)17-22-16-27-26(29(22)18-23-13-9-15-33-23)34(31,32)19-21-11-5-4-6-12-21/h4-8,10-12,14,16,23H,3,9,13,15,17-19H2,1-2H3/t23-/m0/s1. The number of carbonyl (C=O) groups excluding carboxylic acids is 1. The van der Waals surface area contributed by atoms with Crippen LogP contribution in [0.5, 0.6) is 0 Å². The van der Waals surface area contributed by atoms with Gasteiger partial charge in [0.15, 0.2) is 0 Å². The highest BCUT2D eigenvalue weighted by atomic mass is 32.2. The van der Waals surface area contributed by atoms with Crippen LogP contribution in [0.3, 0.4) is 0 Å². The van der Waals surface area contributed by atoms with Crippen molar-refractivity contribution in [3.63, 3.8) is 0 Å². The summed E-state index contributed by atoms with van der Waals surface area (Å²) < 4.78 is 34.3. The number of nitrogens with zero attached hydrogens (tertiary/aromatic N) is 3. The Morgan fingerprint density at radius 1 is 1.15 bits per heavy atom. The van der Waals surface area contributed by atoms with Gasteiger partial charge >= 0.3 is 0 Å². The lowest BCUT2D eigenvalue weighted by Gasteiger charge is -2.23. The second-order valence-electron chi connectivity index (χ2n) is 8.66. The molecule has 0 unspecified atom stereocenters.